The van der Waals surface area contributed by atoms with Gasteiger partial charge in [0.2, 0.25) is 0 Å². The summed E-state index contributed by atoms with van der Waals surface area (Å²) in [7, 11) is 1.55. The lowest BCUT2D eigenvalue weighted by Crippen LogP contribution is -2.49. The predicted molar refractivity (Wildman–Crippen MR) is 96.7 cm³/mol. The number of carbonyl (C=O) groups excluding carboxylic acids is 1. The van der Waals surface area contributed by atoms with Gasteiger partial charge in [-0.2, -0.15) is 0 Å². The lowest BCUT2D eigenvalue weighted by atomic mass is 10.1. The Bertz CT molecular complexity index is 832. The van der Waals surface area contributed by atoms with Crippen LogP contribution in [0.1, 0.15) is 15.9 Å². The third-order valence-corrected chi connectivity index (χ3v) is 4.45. The number of ether oxygens (including phenoxy) is 1. The fourth-order valence-electron chi connectivity index (χ4n) is 3.10. The zero-order valence-corrected chi connectivity index (χ0v) is 14.7. The van der Waals surface area contributed by atoms with Crippen LogP contribution >= 0.6 is 0 Å². The minimum Gasteiger partial charge on any atom is -0.496 e. The molecule has 1 aliphatic heterocycles. The molecule has 136 valence electrons. The summed E-state index contributed by atoms with van der Waals surface area (Å²) in [6.45, 7) is 4.14. The van der Waals surface area contributed by atoms with E-state index in [9.17, 15) is 14.9 Å². The second-order valence-electron chi connectivity index (χ2n) is 6.07. The minimum atomic E-state index is -0.451. The van der Waals surface area contributed by atoms with E-state index in [1.54, 1.807) is 24.1 Å². The molecule has 2 heterocycles. The molecule has 1 fully saturated rings. The van der Waals surface area contributed by atoms with Crippen LogP contribution in [0.4, 0.5) is 11.5 Å². The predicted octanol–water partition coefficient (Wildman–Crippen LogP) is 2.27. The smallest absolute Gasteiger partial charge is 0.287 e. The highest BCUT2D eigenvalue weighted by Crippen LogP contribution is 2.24. The quantitative estimate of drug-likeness (QED) is 0.617. The summed E-state index contributed by atoms with van der Waals surface area (Å²) in [5.74, 6) is 1.23. The summed E-state index contributed by atoms with van der Waals surface area (Å²) < 4.78 is 5.27. The molecule has 0 spiro atoms. The molecule has 1 saturated heterocycles. The fourth-order valence-corrected chi connectivity index (χ4v) is 3.10. The average molecular weight is 356 g/mol. The molecule has 0 atom stereocenters. The minimum absolute atomic E-state index is 0.0174. The number of nitrogens with zero attached hydrogens (tertiary/aromatic N) is 4. The number of carbonyl (C=O) groups is 1. The number of amides is 1. The molecule has 8 nitrogen and oxygen atoms in total. The molecular formula is C18H20N4O4. The Kier molecular flexibility index (Phi) is 5.01. The van der Waals surface area contributed by atoms with E-state index in [0.717, 1.165) is 11.4 Å². The van der Waals surface area contributed by atoms with Crippen molar-refractivity contribution in [3.63, 3.8) is 0 Å². The zero-order valence-electron chi connectivity index (χ0n) is 14.7. The van der Waals surface area contributed by atoms with Crippen molar-refractivity contribution >= 4 is 17.4 Å². The van der Waals surface area contributed by atoms with Crippen LogP contribution in [-0.4, -0.2) is 54.0 Å². The third-order valence-electron chi connectivity index (χ3n) is 4.45. The van der Waals surface area contributed by atoms with E-state index in [1.807, 2.05) is 24.0 Å². The molecule has 0 radical (unpaired) electrons. The van der Waals surface area contributed by atoms with Gasteiger partial charge in [0.25, 0.3) is 11.6 Å². The van der Waals surface area contributed by atoms with E-state index in [4.69, 9.17) is 4.74 Å². The van der Waals surface area contributed by atoms with Gasteiger partial charge < -0.3 is 14.5 Å². The summed E-state index contributed by atoms with van der Waals surface area (Å²) in [6, 6.07) is 8.70. The van der Waals surface area contributed by atoms with Gasteiger partial charge in [0.15, 0.2) is 0 Å². The Labute approximate surface area is 151 Å². The Morgan fingerprint density at radius 2 is 1.92 bits per heavy atom. The summed E-state index contributed by atoms with van der Waals surface area (Å²) in [6.07, 6.45) is 1.27. The SMILES string of the molecule is COc1ccccc1C(=O)N1CCN(c2ncc([N+](=O)[O-])cc2C)CC1. The molecule has 1 aromatic heterocycles. The van der Waals surface area contributed by atoms with Gasteiger partial charge in [0, 0.05) is 32.2 Å². The van der Waals surface area contributed by atoms with Crippen LogP contribution in [0.25, 0.3) is 0 Å². The van der Waals surface area contributed by atoms with E-state index in [0.29, 0.717) is 37.5 Å². The maximum atomic E-state index is 12.7. The summed E-state index contributed by atoms with van der Waals surface area (Å²) in [4.78, 5) is 31.2. The zero-order chi connectivity index (χ0) is 18.7. The van der Waals surface area contributed by atoms with Crippen LogP contribution < -0.4 is 9.64 Å². The van der Waals surface area contributed by atoms with Crippen molar-refractivity contribution in [2.24, 2.45) is 0 Å². The lowest BCUT2D eigenvalue weighted by Gasteiger charge is -2.36. The Morgan fingerprint density at radius 1 is 1.23 bits per heavy atom. The Balaban J connectivity index is 1.69. The highest BCUT2D eigenvalue weighted by molar-refractivity contribution is 5.97. The molecule has 0 saturated carbocycles. The van der Waals surface area contributed by atoms with Crippen molar-refractivity contribution < 1.29 is 14.5 Å². The number of rotatable bonds is 4. The molecule has 26 heavy (non-hydrogen) atoms. The van der Waals surface area contributed by atoms with E-state index in [-0.39, 0.29) is 11.6 Å². The first-order valence-electron chi connectivity index (χ1n) is 8.29. The van der Waals surface area contributed by atoms with Gasteiger partial charge in [-0.05, 0) is 24.6 Å². The number of hydrogen-bond acceptors (Lipinski definition) is 6. The van der Waals surface area contributed by atoms with Crippen molar-refractivity contribution in [1.29, 1.82) is 0 Å². The van der Waals surface area contributed by atoms with E-state index in [2.05, 4.69) is 4.98 Å². The lowest BCUT2D eigenvalue weighted by molar-refractivity contribution is -0.385. The van der Waals surface area contributed by atoms with Crippen LogP contribution in [0, 0.1) is 17.0 Å². The highest BCUT2D eigenvalue weighted by atomic mass is 16.6. The number of hydrogen-bond donors (Lipinski definition) is 0. The number of methoxy groups -OCH3 is 1. The van der Waals surface area contributed by atoms with Gasteiger partial charge in [0.05, 0.1) is 17.6 Å². The number of aryl methyl sites for hydroxylation is 1. The summed E-state index contributed by atoms with van der Waals surface area (Å²) >= 11 is 0. The van der Waals surface area contributed by atoms with E-state index in [1.165, 1.54) is 12.3 Å². The van der Waals surface area contributed by atoms with Crippen molar-refractivity contribution in [3.8, 4) is 5.75 Å². The van der Waals surface area contributed by atoms with Crippen molar-refractivity contribution in [2.75, 3.05) is 38.2 Å². The number of nitro groups is 1. The number of benzene rings is 1. The van der Waals surface area contributed by atoms with E-state index >= 15 is 0 Å². The van der Waals surface area contributed by atoms with Crippen LogP contribution in [0.3, 0.4) is 0 Å². The molecule has 0 unspecified atom stereocenters. The van der Waals surface area contributed by atoms with Crippen molar-refractivity contribution in [2.45, 2.75) is 6.92 Å². The fraction of sp³-hybridized carbons (Fsp3) is 0.333. The first-order valence-corrected chi connectivity index (χ1v) is 8.29. The molecule has 2 aromatic rings. The number of para-hydroxylation sites is 1. The first kappa shape index (κ1) is 17.7. The van der Waals surface area contributed by atoms with Crippen LogP contribution in [0.15, 0.2) is 36.5 Å². The normalized spacial score (nSPS) is 14.2. The first-order chi connectivity index (χ1) is 12.5. The number of piperazine rings is 1. The van der Waals surface area contributed by atoms with Crippen LogP contribution in [0.2, 0.25) is 0 Å². The second kappa shape index (κ2) is 7.38. The molecule has 0 N–H and O–H groups in total. The second-order valence-corrected chi connectivity index (χ2v) is 6.07. The number of pyridine rings is 1. The molecule has 0 aliphatic carbocycles. The molecule has 1 aliphatic rings. The largest absolute Gasteiger partial charge is 0.496 e. The van der Waals surface area contributed by atoms with Crippen LogP contribution in [0.5, 0.6) is 5.75 Å². The van der Waals surface area contributed by atoms with Gasteiger partial charge in [-0.15, -0.1) is 0 Å². The third kappa shape index (κ3) is 3.44. The van der Waals surface area contributed by atoms with Gasteiger partial charge in [-0.25, -0.2) is 4.98 Å². The molecule has 8 heteroatoms. The van der Waals surface area contributed by atoms with Gasteiger partial charge in [0.1, 0.15) is 17.8 Å². The van der Waals surface area contributed by atoms with E-state index < -0.39 is 4.92 Å². The van der Waals surface area contributed by atoms with Crippen LogP contribution in [-0.2, 0) is 0 Å². The molecule has 0 bridgehead atoms. The Hall–Kier alpha value is -3.16. The van der Waals surface area contributed by atoms with Gasteiger partial charge >= 0.3 is 0 Å². The number of aromatic nitrogens is 1. The molecular weight excluding hydrogens is 336 g/mol. The maximum Gasteiger partial charge on any atom is 0.287 e. The maximum absolute atomic E-state index is 12.7. The Morgan fingerprint density at radius 3 is 2.54 bits per heavy atom. The van der Waals surface area contributed by atoms with Crippen molar-refractivity contribution in [1.82, 2.24) is 9.88 Å². The number of anilines is 1. The molecule has 1 amide bonds. The highest BCUT2D eigenvalue weighted by Gasteiger charge is 2.25. The summed E-state index contributed by atoms with van der Waals surface area (Å²) in [5, 5.41) is 10.8. The van der Waals surface area contributed by atoms with Gasteiger partial charge in [-0.3, -0.25) is 14.9 Å². The standard InChI is InChI=1S/C18H20N4O4/c1-13-11-14(22(24)25)12-19-17(13)20-7-9-21(10-8-20)18(23)15-5-3-4-6-16(15)26-2/h3-6,11-12H,7-10H2,1-2H3. The van der Waals surface area contributed by atoms with Gasteiger partial charge in [-0.1, -0.05) is 12.1 Å². The molecule has 1 aromatic carbocycles. The monoisotopic (exact) mass is 356 g/mol. The average Bonchev–Trinajstić information content (AvgIpc) is 2.67. The molecule has 3 rings (SSSR count). The van der Waals surface area contributed by atoms with Crippen molar-refractivity contribution in [3.05, 3.63) is 57.8 Å². The summed E-state index contributed by atoms with van der Waals surface area (Å²) in [5.41, 5.74) is 1.29. The topological polar surface area (TPSA) is 88.8 Å².